The van der Waals surface area contributed by atoms with Crippen LogP contribution in [0.1, 0.15) is 33.6 Å². The van der Waals surface area contributed by atoms with E-state index in [0.717, 1.165) is 11.6 Å². The molecule has 0 heterocycles. The Morgan fingerprint density at radius 2 is 1.92 bits per heavy atom. The average molecular weight is 163 g/mol. The van der Waals surface area contributed by atoms with Crippen LogP contribution in [0.2, 0.25) is 0 Å². The lowest BCUT2D eigenvalue weighted by molar-refractivity contribution is 1.01. The molecule has 0 N–H and O–H groups in total. The first kappa shape index (κ1) is 9.24. The number of aliphatic imine (C=N–C) groups is 1. The zero-order chi connectivity index (χ0) is 9.14. The highest BCUT2D eigenvalue weighted by molar-refractivity contribution is 5.79. The molecule has 1 aliphatic carbocycles. The van der Waals surface area contributed by atoms with Crippen molar-refractivity contribution >= 4 is 5.71 Å². The van der Waals surface area contributed by atoms with Gasteiger partial charge in [0.15, 0.2) is 0 Å². The number of allylic oxidation sites excluding steroid dienone is 2. The van der Waals surface area contributed by atoms with E-state index in [4.69, 9.17) is 0 Å². The minimum Gasteiger partial charge on any atom is -0.266 e. The molecule has 1 fully saturated rings. The van der Waals surface area contributed by atoms with Gasteiger partial charge in [-0.3, -0.25) is 4.99 Å². The summed E-state index contributed by atoms with van der Waals surface area (Å²) in [6.07, 6.45) is 4.61. The van der Waals surface area contributed by atoms with Crippen LogP contribution in [-0.2, 0) is 0 Å². The van der Waals surface area contributed by atoms with Gasteiger partial charge in [0.05, 0.1) is 0 Å². The fourth-order valence-electron chi connectivity index (χ4n) is 1.16. The van der Waals surface area contributed by atoms with Gasteiger partial charge in [-0.2, -0.15) is 0 Å². The van der Waals surface area contributed by atoms with Gasteiger partial charge in [-0.15, -0.1) is 0 Å². The average Bonchev–Trinajstić information content (AvgIpc) is 2.69. The maximum atomic E-state index is 4.30. The first-order valence-electron chi connectivity index (χ1n) is 4.48. The lowest BCUT2D eigenvalue weighted by Crippen LogP contribution is -1.87. The minimum atomic E-state index is 0.755. The number of hydrogen-bond donors (Lipinski definition) is 0. The zero-order valence-electron chi connectivity index (χ0n) is 8.22. The van der Waals surface area contributed by atoms with Gasteiger partial charge < -0.3 is 0 Å². The molecule has 66 valence electrons. The molecule has 1 rings (SSSR count). The summed E-state index contributed by atoms with van der Waals surface area (Å²) in [7, 11) is 0. The standard InChI is InChI=1S/C11H17N/c1-8(2)11(10-5-6-10)7-12-9(3)4/h7,10H,1,5-6H2,2-4H3/b11-7+. The Bertz CT molecular complexity index is 238. The first-order valence-corrected chi connectivity index (χ1v) is 4.48. The quantitative estimate of drug-likeness (QED) is 0.447. The summed E-state index contributed by atoms with van der Waals surface area (Å²) in [6, 6.07) is 0. The summed E-state index contributed by atoms with van der Waals surface area (Å²) in [4.78, 5) is 4.30. The Labute approximate surface area is 74.9 Å². The maximum absolute atomic E-state index is 4.30. The van der Waals surface area contributed by atoms with Crippen molar-refractivity contribution in [1.29, 1.82) is 0 Å². The zero-order valence-corrected chi connectivity index (χ0v) is 8.22. The Morgan fingerprint density at radius 3 is 2.25 bits per heavy atom. The van der Waals surface area contributed by atoms with E-state index in [9.17, 15) is 0 Å². The molecule has 0 aromatic heterocycles. The van der Waals surface area contributed by atoms with Gasteiger partial charge >= 0.3 is 0 Å². The molecule has 0 spiro atoms. The van der Waals surface area contributed by atoms with Crippen molar-refractivity contribution < 1.29 is 0 Å². The fourth-order valence-corrected chi connectivity index (χ4v) is 1.16. The molecule has 0 atom stereocenters. The fraction of sp³-hybridized carbons (Fsp3) is 0.545. The molecular weight excluding hydrogens is 146 g/mol. The van der Waals surface area contributed by atoms with E-state index in [0.29, 0.717) is 0 Å². The van der Waals surface area contributed by atoms with E-state index in [1.54, 1.807) is 0 Å². The number of rotatable bonds is 3. The second-order valence-electron chi connectivity index (χ2n) is 3.72. The summed E-state index contributed by atoms with van der Waals surface area (Å²) >= 11 is 0. The van der Waals surface area contributed by atoms with E-state index in [1.807, 2.05) is 20.0 Å². The first-order chi connectivity index (χ1) is 5.61. The van der Waals surface area contributed by atoms with Crippen LogP contribution in [0.3, 0.4) is 0 Å². The molecular formula is C11H17N. The summed E-state index contributed by atoms with van der Waals surface area (Å²) in [6.45, 7) is 10.0. The van der Waals surface area contributed by atoms with Gasteiger partial charge in [0, 0.05) is 11.9 Å². The molecule has 0 saturated heterocycles. The lowest BCUT2D eigenvalue weighted by Gasteiger charge is -2.01. The van der Waals surface area contributed by atoms with Crippen LogP contribution in [0.4, 0.5) is 0 Å². The molecule has 1 nitrogen and oxygen atoms in total. The predicted molar refractivity (Wildman–Crippen MR) is 54.4 cm³/mol. The van der Waals surface area contributed by atoms with Crippen LogP contribution in [0.25, 0.3) is 0 Å². The minimum absolute atomic E-state index is 0.755. The Hall–Kier alpha value is -0.850. The Morgan fingerprint density at radius 1 is 1.33 bits per heavy atom. The van der Waals surface area contributed by atoms with Crippen molar-refractivity contribution in [2.24, 2.45) is 10.9 Å². The summed E-state index contributed by atoms with van der Waals surface area (Å²) < 4.78 is 0. The molecule has 12 heavy (non-hydrogen) atoms. The van der Waals surface area contributed by atoms with Gasteiger partial charge in [-0.25, -0.2) is 0 Å². The largest absolute Gasteiger partial charge is 0.266 e. The SMILES string of the molecule is C=C(C)/C(=C\N=C(C)C)C1CC1. The van der Waals surface area contributed by atoms with Crippen LogP contribution >= 0.6 is 0 Å². The van der Waals surface area contributed by atoms with E-state index in [1.165, 1.54) is 24.0 Å². The third kappa shape index (κ3) is 2.65. The van der Waals surface area contributed by atoms with Gasteiger partial charge in [0.2, 0.25) is 0 Å². The van der Waals surface area contributed by atoms with E-state index in [-0.39, 0.29) is 0 Å². The highest BCUT2D eigenvalue weighted by Crippen LogP contribution is 2.39. The number of nitrogens with zero attached hydrogens (tertiary/aromatic N) is 1. The van der Waals surface area contributed by atoms with Crippen LogP contribution < -0.4 is 0 Å². The Balaban J connectivity index is 2.70. The smallest absolute Gasteiger partial charge is 0.0304 e. The topological polar surface area (TPSA) is 12.4 Å². The maximum Gasteiger partial charge on any atom is 0.0304 e. The number of hydrogen-bond acceptors (Lipinski definition) is 1. The second kappa shape index (κ2) is 3.70. The molecule has 0 radical (unpaired) electrons. The van der Waals surface area contributed by atoms with Gasteiger partial charge in [-0.05, 0) is 45.1 Å². The van der Waals surface area contributed by atoms with Crippen molar-refractivity contribution in [3.63, 3.8) is 0 Å². The van der Waals surface area contributed by atoms with Crippen LogP contribution in [0.15, 0.2) is 28.9 Å². The molecule has 0 aliphatic heterocycles. The van der Waals surface area contributed by atoms with Gasteiger partial charge in [0.1, 0.15) is 0 Å². The van der Waals surface area contributed by atoms with Crippen LogP contribution in [0, 0.1) is 5.92 Å². The molecule has 0 aromatic carbocycles. The molecule has 1 heteroatoms. The van der Waals surface area contributed by atoms with Crippen LogP contribution in [0.5, 0.6) is 0 Å². The predicted octanol–water partition coefficient (Wildman–Crippen LogP) is 3.34. The Kier molecular flexibility index (Phi) is 2.85. The normalized spacial score (nSPS) is 17.4. The monoisotopic (exact) mass is 163 g/mol. The van der Waals surface area contributed by atoms with E-state index in [2.05, 4.69) is 18.5 Å². The van der Waals surface area contributed by atoms with Gasteiger partial charge in [-0.1, -0.05) is 12.2 Å². The summed E-state index contributed by atoms with van der Waals surface area (Å²) in [5, 5.41) is 0. The van der Waals surface area contributed by atoms with E-state index < -0.39 is 0 Å². The summed E-state index contributed by atoms with van der Waals surface area (Å²) in [5.41, 5.74) is 3.62. The lowest BCUT2D eigenvalue weighted by atomic mass is 10.1. The van der Waals surface area contributed by atoms with Crippen molar-refractivity contribution in [1.82, 2.24) is 0 Å². The highest BCUT2D eigenvalue weighted by atomic mass is 14.7. The molecule has 0 aromatic rings. The van der Waals surface area contributed by atoms with Crippen LogP contribution in [-0.4, -0.2) is 5.71 Å². The highest BCUT2D eigenvalue weighted by Gasteiger charge is 2.25. The molecule has 0 unspecified atom stereocenters. The molecule has 0 amide bonds. The third-order valence-corrected chi connectivity index (χ3v) is 1.97. The van der Waals surface area contributed by atoms with Crippen molar-refractivity contribution in [3.8, 4) is 0 Å². The second-order valence-corrected chi connectivity index (χ2v) is 3.72. The molecule has 1 aliphatic rings. The van der Waals surface area contributed by atoms with Crippen molar-refractivity contribution in [2.75, 3.05) is 0 Å². The van der Waals surface area contributed by atoms with Gasteiger partial charge in [0.25, 0.3) is 0 Å². The van der Waals surface area contributed by atoms with E-state index >= 15 is 0 Å². The summed E-state index contributed by atoms with van der Waals surface area (Å²) in [5.74, 6) is 0.755. The van der Waals surface area contributed by atoms with Crippen molar-refractivity contribution in [2.45, 2.75) is 33.6 Å². The third-order valence-electron chi connectivity index (χ3n) is 1.97. The van der Waals surface area contributed by atoms with Crippen molar-refractivity contribution in [3.05, 3.63) is 23.9 Å². The molecule has 1 saturated carbocycles. The molecule has 0 bridgehead atoms.